The number of aromatic nitrogens is 2. The number of rotatable bonds is 2. The molecule has 1 aliphatic rings. The van der Waals surface area contributed by atoms with Gasteiger partial charge in [-0.05, 0) is 18.9 Å². The largest absolute Gasteiger partial charge is 0.342 e. The van der Waals surface area contributed by atoms with E-state index in [2.05, 4.69) is 30.8 Å². The van der Waals surface area contributed by atoms with Crippen molar-refractivity contribution in [1.82, 2.24) is 9.97 Å². The van der Waals surface area contributed by atoms with Gasteiger partial charge in [0.05, 0.1) is 16.0 Å². The van der Waals surface area contributed by atoms with Gasteiger partial charge in [-0.25, -0.2) is 4.98 Å². The molecular weight excluding hydrogens is 312 g/mol. The Morgan fingerprint density at radius 2 is 2.16 bits per heavy atom. The third kappa shape index (κ3) is 2.42. The van der Waals surface area contributed by atoms with E-state index in [-0.39, 0.29) is 5.69 Å². The Balaban J connectivity index is 1.91. The van der Waals surface area contributed by atoms with E-state index in [4.69, 9.17) is 0 Å². The first-order valence-electron chi connectivity index (χ1n) is 6.16. The van der Waals surface area contributed by atoms with Crippen molar-refractivity contribution in [1.29, 1.82) is 0 Å². The van der Waals surface area contributed by atoms with Crippen molar-refractivity contribution < 1.29 is 4.92 Å². The number of H-pyrrole nitrogens is 1. The first-order valence-corrected chi connectivity index (χ1v) is 7.08. The SMILES string of the molecule is O=[N+]([O-])c1ccc2nc(N3CCC(Br)CC3)[nH]c2c1. The molecule has 1 N–H and O–H groups in total. The highest BCUT2D eigenvalue weighted by molar-refractivity contribution is 9.09. The van der Waals surface area contributed by atoms with Crippen molar-refractivity contribution in [3.63, 3.8) is 0 Å². The van der Waals surface area contributed by atoms with Gasteiger partial charge in [0.1, 0.15) is 0 Å². The predicted octanol–water partition coefficient (Wildman–Crippen LogP) is 2.83. The average Bonchev–Trinajstić information content (AvgIpc) is 2.82. The van der Waals surface area contributed by atoms with E-state index in [9.17, 15) is 10.1 Å². The number of halogens is 1. The lowest BCUT2D eigenvalue weighted by Crippen LogP contribution is -2.34. The molecule has 0 atom stereocenters. The van der Waals surface area contributed by atoms with E-state index in [0.717, 1.165) is 37.4 Å². The Kier molecular flexibility index (Phi) is 3.14. The Hall–Kier alpha value is -1.63. The van der Waals surface area contributed by atoms with Gasteiger partial charge in [0.15, 0.2) is 0 Å². The summed E-state index contributed by atoms with van der Waals surface area (Å²) in [6, 6.07) is 4.70. The van der Waals surface area contributed by atoms with Gasteiger partial charge in [0.2, 0.25) is 5.95 Å². The topological polar surface area (TPSA) is 75.1 Å². The van der Waals surface area contributed by atoms with Crippen molar-refractivity contribution >= 4 is 38.6 Å². The molecule has 1 saturated heterocycles. The summed E-state index contributed by atoms with van der Waals surface area (Å²) in [4.78, 5) is 20.8. The van der Waals surface area contributed by atoms with Crippen molar-refractivity contribution in [3.05, 3.63) is 28.3 Å². The Labute approximate surface area is 118 Å². The molecule has 19 heavy (non-hydrogen) atoms. The molecule has 0 aliphatic carbocycles. The van der Waals surface area contributed by atoms with E-state index in [0.29, 0.717) is 10.3 Å². The maximum Gasteiger partial charge on any atom is 0.271 e. The smallest absolute Gasteiger partial charge is 0.271 e. The number of hydrogen-bond acceptors (Lipinski definition) is 4. The number of nitro benzene ring substituents is 1. The quantitative estimate of drug-likeness (QED) is 0.523. The van der Waals surface area contributed by atoms with Crippen LogP contribution in [0.5, 0.6) is 0 Å². The second-order valence-corrected chi connectivity index (χ2v) is 5.98. The number of aromatic amines is 1. The second kappa shape index (κ2) is 4.80. The number of imidazole rings is 1. The summed E-state index contributed by atoms with van der Waals surface area (Å²) < 4.78 is 0. The summed E-state index contributed by atoms with van der Waals surface area (Å²) in [5.41, 5.74) is 1.56. The third-order valence-corrected chi connectivity index (χ3v) is 4.30. The van der Waals surface area contributed by atoms with E-state index in [1.54, 1.807) is 6.07 Å². The van der Waals surface area contributed by atoms with Gasteiger partial charge in [0, 0.05) is 30.0 Å². The van der Waals surface area contributed by atoms with Gasteiger partial charge in [-0.3, -0.25) is 10.1 Å². The van der Waals surface area contributed by atoms with Crippen LogP contribution in [0.4, 0.5) is 11.6 Å². The normalized spacial score (nSPS) is 17.0. The van der Waals surface area contributed by atoms with Crippen LogP contribution in [0.3, 0.4) is 0 Å². The Bertz CT molecular complexity index is 619. The van der Waals surface area contributed by atoms with Gasteiger partial charge in [0.25, 0.3) is 5.69 Å². The van der Waals surface area contributed by atoms with Crippen LogP contribution in [-0.2, 0) is 0 Å². The zero-order valence-corrected chi connectivity index (χ0v) is 11.8. The molecule has 0 amide bonds. The molecule has 2 aromatic rings. The molecular formula is C12H13BrN4O2. The van der Waals surface area contributed by atoms with Gasteiger partial charge in [-0.1, -0.05) is 15.9 Å². The van der Waals surface area contributed by atoms with Crippen LogP contribution in [0.25, 0.3) is 11.0 Å². The molecule has 0 unspecified atom stereocenters. The summed E-state index contributed by atoms with van der Waals surface area (Å²) in [6.07, 6.45) is 2.16. The molecule has 1 aromatic heterocycles. The van der Waals surface area contributed by atoms with Crippen LogP contribution < -0.4 is 4.90 Å². The number of alkyl halides is 1. The fourth-order valence-electron chi connectivity index (χ4n) is 2.31. The molecule has 7 heteroatoms. The minimum Gasteiger partial charge on any atom is -0.342 e. The first-order chi connectivity index (χ1) is 9.13. The minimum absolute atomic E-state index is 0.0851. The van der Waals surface area contributed by atoms with Crippen LogP contribution >= 0.6 is 15.9 Å². The number of benzene rings is 1. The van der Waals surface area contributed by atoms with Gasteiger partial charge in [-0.2, -0.15) is 0 Å². The summed E-state index contributed by atoms with van der Waals surface area (Å²) in [6.45, 7) is 1.88. The molecule has 2 heterocycles. The van der Waals surface area contributed by atoms with Crippen LogP contribution in [-0.4, -0.2) is 32.8 Å². The lowest BCUT2D eigenvalue weighted by Gasteiger charge is -2.28. The predicted molar refractivity (Wildman–Crippen MR) is 76.9 cm³/mol. The maximum atomic E-state index is 10.7. The minimum atomic E-state index is -0.393. The molecule has 100 valence electrons. The third-order valence-electron chi connectivity index (χ3n) is 3.39. The summed E-state index contributed by atoms with van der Waals surface area (Å²) >= 11 is 3.62. The lowest BCUT2D eigenvalue weighted by atomic mass is 10.1. The number of fused-ring (bicyclic) bond motifs is 1. The fraction of sp³-hybridized carbons (Fsp3) is 0.417. The number of hydrogen-bond donors (Lipinski definition) is 1. The van der Waals surface area contributed by atoms with E-state index in [1.807, 2.05) is 0 Å². The van der Waals surface area contributed by atoms with E-state index >= 15 is 0 Å². The second-order valence-electron chi connectivity index (χ2n) is 4.68. The summed E-state index contributed by atoms with van der Waals surface area (Å²) in [5.74, 6) is 0.801. The van der Waals surface area contributed by atoms with Gasteiger partial charge < -0.3 is 9.88 Å². The highest BCUT2D eigenvalue weighted by atomic mass is 79.9. The number of nitrogens with zero attached hydrogens (tertiary/aromatic N) is 3. The van der Waals surface area contributed by atoms with Crippen LogP contribution in [0, 0.1) is 10.1 Å². The number of non-ortho nitro benzene ring substituents is 1. The summed E-state index contributed by atoms with van der Waals surface area (Å²) in [7, 11) is 0. The Morgan fingerprint density at radius 1 is 1.42 bits per heavy atom. The van der Waals surface area contributed by atoms with Crippen molar-refractivity contribution in [2.24, 2.45) is 0 Å². The molecule has 1 fully saturated rings. The molecule has 1 aliphatic heterocycles. The molecule has 1 aromatic carbocycles. The highest BCUT2D eigenvalue weighted by Crippen LogP contribution is 2.25. The zero-order valence-electron chi connectivity index (χ0n) is 10.2. The maximum absolute atomic E-state index is 10.7. The number of nitrogens with one attached hydrogen (secondary N) is 1. The van der Waals surface area contributed by atoms with E-state index in [1.165, 1.54) is 12.1 Å². The standard InChI is InChI=1S/C12H13BrN4O2/c13-8-3-5-16(6-4-8)12-14-10-2-1-9(17(18)19)7-11(10)15-12/h1-2,7-8H,3-6H2,(H,14,15). The average molecular weight is 325 g/mol. The molecule has 3 rings (SSSR count). The Morgan fingerprint density at radius 3 is 2.84 bits per heavy atom. The summed E-state index contributed by atoms with van der Waals surface area (Å²) in [5, 5.41) is 10.7. The highest BCUT2D eigenvalue weighted by Gasteiger charge is 2.20. The molecule has 0 radical (unpaired) electrons. The van der Waals surface area contributed by atoms with Crippen molar-refractivity contribution in [2.75, 3.05) is 18.0 Å². The van der Waals surface area contributed by atoms with Crippen molar-refractivity contribution in [3.8, 4) is 0 Å². The molecule has 6 nitrogen and oxygen atoms in total. The number of piperidine rings is 1. The van der Waals surface area contributed by atoms with E-state index < -0.39 is 4.92 Å². The lowest BCUT2D eigenvalue weighted by molar-refractivity contribution is -0.384. The van der Waals surface area contributed by atoms with Gasteiger partial charge in [-0.15, -0.1) is 0 Å². The number of nitro groups is 1. The molecule has 0 spiro atoms. The fourth-order valence-corrected chi connectivity index (χ4v) is 2.72. The van der Waals surface area contributed by atoms with Crippen molar-refractivity contribution in [2.45, 2.75) is 17.7 Å². The van der Waals surface area contributed by atoms with Crippen LogP contribution in [0.15, 0.2) is 18.2 Å². The van der Waals surface area contributed by atoms with Crippen LogP contribution in [0.1, 0.15) is 12.8 Å². The number of anilines is 1. The first kappa shape index (κ1) is 12.4. The molecule has 0 saturated carbocycles. The molecule has 0 bridgehead atoms. The van der Waals surface area contributed by atoms with Crippen LogP contribution in [0.2, 0.25) is 0 Å². The monoisotopic (exact) mass is 324 g/mol. The zero-order chi connectivity index (χ0) is 13.4. The van der Waals surface area contributed by atoms with Gasteiger partial charge >= 0.3 is 0 Å².